The molecule has 0 fully saturated rings. The van der Waals surface area contributed by atoms with Crippen molar-refractivity contribution in [2.24, 2.45) is 7.05 Å². The van der Waals surface area contributed by atoms with Gasteiger partial charge in [-0.2, -0.15) is 0 Å². The van der Waals surface area contributed by atoms with Crippen LogP contribution in [-0.4, -0.2) is 37.2 Å². The number of hydrogen-bond donors (Lipinski definition) is 1. The van der Waals surface area contributed by atoms with Crippen molar-refractivity contribution in [3.8, 4) is 0 Å². The average molecular weight is 251 g/mol. The zero-order chi connectivity index (χ0) is 12.3. The van der Waals surface area contributed by atoms with Gasteiger partial charge in [0.25, 0.3) is 0 Å². The van der Waals surface area contributed by atoms with E-state index in [4.69, 9.17) is 0 Å². The molecule has 0 atom stereocenters. The molecule has 0 saturated heterocycles. The van der Waals surface area contributed by atoms with E-state index >= 15 is 0 Å². The zero-order valence-electron chi connectivity index (χ0n) is 9.88. The summed E-state index contributed by atoms with van der Waals surface area (Å²) in [6, 6.07) is 1.90. The van der Waals surface area contributed by atoms with Gasteiger partial charge < -0.3 is 5.32 Å². The molecule has 0 radical (unpaired) electrons. The van der Waals surface area contributed by atoms with Crippen molar-refractivity contribution < 1.29 is 0 Å². The molecule has 17 heavy (non-hydrogen) atoms. The maximum absolute atomic E-state index is 4.36. The van der Waals surface area contributed by atoms with E-state index in [1.54, 1.807) is 11.7 Å². The van der Waals surface area contributed by atoms with Crippen LogP contribution in [-0.2, 0) is 12.8 Å². The lowest BCUT2D eigenvalue weighted by atomic mass is 10.4. The van der Waals surface area contributed by atoms with E-state index < -0.39 is 0 Å². The predicted octanol–water partition coefficient (Wildman–Crippen LogP) is 0.643. The summed E-state index contributed by atoms with van der Waals surface area (Å²) in [6.07, 6.45) is 0. The Bertz CT molecular complexity index is 510. The van der Waals surface area contributed by atoms with Gasteiger partial charge in [-0.15, -0.1) is 5.10 Å². The van der Waals surface area contributed by atoms with Gasteiger partial charge in [-0.3, -0.25) is 0 Å². The largest absolute Gasteiger partial charge is 0.373 e. The molecule has 2 heterocycles. The normalized spacial score (nSPS) is 10.5. The van der Waals surface area contributed by atoms with Crippen LogP contribution < -0.4 is 5.32 Å². The van der Waals surface area contributed by atoms with Crippen molar-refractivity contribution in [3.63, 3.8) is 0 Å². The molecule has 90 valence electrons. The van der Waals surface area contributed by atoms with Gasteiger partial charge in [0.15, 0.2) is 0 Å². The minimum Gasteiger partial charge on any atom is -0.373 e. The molecule has 0 aliphatic rings. The Balaban J connectivity index is 2.09. The predicted molar refractivity (Wildman–Crippen MR) is 64.7 cm³/mol. The topological polar surface area (TPSA) is 81.4 Å². The third kappa shape index (κ3) is 2.90. The van der Waals surface area contributed by atoms with Crippen LogP contribution in [0, 0.1) is 6.92 Å². The Labute approximate surface area is 103 Å². The van der Waals surface area contributed by atoms with E-state index in [-0.39, 0.29) is 0 Å². The first-order chi connectivity index (χ1) is 8.19. The first-order valence-electron chi connectivity index (χ1n) is 5.06. The molecule has 0 saturated carbocycles. The molecule has 2 aromatic rings. The lowest BCUT2D eigenvalue weighted by molar-refractivity contribution is 0.664. The fourth-order valence-electron chi connectivity index (χ4n) is 1.30. The Hall–Kier alpha value is -1.70. The van der Waals surface area contributed by atoms with Gasteiger partial charge in [0.05, 0.1) is 5.75 Å². The van der Waals surface area contributed by atoms with Gasteiger partial charge in [0.1, 0.15) is 11.6 Å². The maximum Gasteiger partial charge on any atom is 0.209 e. The van der Waals surface area contributed by atoms with Crippen LogP contribution in [0.4, 0.5) is 5.82 Å². The fraction of sp³-hybridized carbons (Fsp3) is 0.444. The third-order valence-corrected chi connectivity index (χ3v) is 3.07. The monoisotopic (exact) mass is 251 g/mol. The van der Waals surface area contributed by atoms with Crippen molar-refractivity contribution in [2.75, 3.05) is 12.4 Å². The van der Waals surface area contributed by atoms with E-state index in [2.05, 4.69) is 30.8 Å². The van der Waals surface area contributed by atoms with E-state index in [0.29, 0.717) is 5.75 Å². The second-order valence-electron chi connectivity index (χ2n) is 3.43. The number of thioether (sulfide) groups is 1. The van der Waals surface area contributed by atoms with Crippen molar-refractivity contribution in [2.45, 2.75) is 17.8 Å². The molecule has 8 heteroatoms. The second-order valence-corrected chi connectivity index (χ2v) is 4.38. The first kappa shape index (κ1) is 11.8. The van der Waals surface area contributed by atoms with Gasteiger partial charge >= 0.3 is 0 Å². The summed E-state index contributed by atoms with van der Waals surface area (Å²) < 4.78 is 1.62. The molecule has 2 rings (SSSR count). The molecule has 0 amide bonds. The maximum atomic E-state index is 4.36. The molecule has 7 nitrogen and oxygen atoms in total. The third-order valence-electron chi connectivity index (χ3n) is 2.07. The highest BCUT2D eigenvalue weighted by atomic mass is 32.2. The number of nitrogens with zero attached hydrogens (tertiary/aromatic N) is 6. The van der Waals surface area contributed by atoms with Crippen LogP contribution in [0.3, 0.4) is 0 Å². The Morgan fingerprint density at radius 1 is 1.41 bits per heavy atom. The fourth-order valence-corrected chi connectivity index (χ4v) is 2.00. The van der Waals surface area contributed by atoms with Crippen LogP contribution in [0.25, 0.3) is 0 Å². The lowest BCUT2D eigenvalue weighted by Gasteiger charge is -2.04. The lowest BCUT2D eigenvalue weighted by Crippen LogP contribution is -2.01. The summed E-state index contributed by atoms with van der Waals surface area (Å²) in [7, 11) is 3.64. The number of nitrogens with one attached hydrogen (secondary N) is 1. The summed E-state index contributed by atoms with van der Waals surface area (Å²) in [5.74, 6) is 2.23. The first-order valence-corrected chi connectivity index (χ1v) is 6.05. The number of tetrazole rings is 1. The highest BCUT2D eigenvalue weighted by Crippen LogP contribution is 2.18. The molecular weight excluding hydrogens is 238 g/mol. The molecule has 0 aliphatic heterocycles. The summed E-state index contributed by atoms with van der Waals surface area (Å²) in [6.45, 7) is 1.95. The standard InChI is InChI=1S/C9H13N7S/c1-6-4-7(10-2)12-8(11-6)5-17-9-13-14-15-16(9)3/h4H,5H2,1-3H3,(H,10,11,12). The summed E-state index contributed by atoms with van der Waals surface area (Å²) in [5, 5.41) is 15.0. The Kier molecular flexibility index (Phi) is 3.52. The molecule has 0 spiro atoms. The van der Waals surface area contributed by atoms with E-state index in [1.807, 2.05) is 20.0 Å². The SMILES string of the molecule is CNc1cc(C)nc(CSc2nnnn2C)n1. The second kappa shape index (κ2) is 5.09. The van der Waals surface area contributed by atoms with E-state index in [9.17, 15) is 0 Å². The summed E-state index contributed by atoms with van der Waals surface area (Å²) in [4.78, 5) is 8.72. The smallest absolute Gasteiger partial charge is 0.209 e. The quantitative estimate of drug-likeness (QED) is 0.798. The molecule has 2 aromatic heterocycles. The van der Waals surface area contributed by atoms with E-state index in [0.717, 1.165) is 22.5 Å². The Morgan fingerprint density at radius 3 is 2.88 bits per heavy atom. The zero-order valence-corrected chi connectivity index (χ0v) is 10.7. The van der Waals surface area contributed by atoms with Crippen LogP contribution in [0.2, 0.25) is 0 Å². The number of anilines is 1. The van der Waals surface area contributed by atoms with Gasteiger partial charge in [0, 0.05) is 25.9 Å². The molecule has 0 unspecified atom stereocenters. The van der Waals surface area contributed by atoms with Gasteiger partial charge in [-0.05, 0) is 17.4 Å². The molecular formula is C9H13N7S. The van der Waals surface area contributed by atoms with Gasteiger partial charge in [-0.1, -0.05) is 11.8 Å². The van der Waals surface area contributed by atoms with Crippen LogP contribution >= 0.6 is 11.8 Å². The molecule has 0 aliphatic carbocycles. The van der Waals surface area contributed by atoms with Crippen LogP contribution in [0.5, 0.6) is 0 Å². The number of aryl methyl sites for hydroxylation is 2. The van der Waals surface area contributed by atoms with E-state index in [1.165, 1.54) is 11.8 Å². The summed E-state index contributed by atoms with van der Waals surface area (Å²) in [5.41, 5.74) is 0.941. The highest BCUT2D eigenvalue weighted by molar-refractivity contribution is 7.98. The minimum absolute atomic E-state index is 0.643. The van der Waals surface area contributed by atoms with Crippen molar-refractivity contribution in [3.05, 3.63) is 17.6 Å². The van der Waals surface area contributed by atoms with Gasteiger partial charge in [-0.25, -0.2) is 14.6 Å². The number of rotatable bonds is 4. The highest BCUT2D eigenvalue weighted by Gasteiger charge is 2.06. The molecule has 0 aromatic carbocycles. The molecule has 1 N–H and O–H groups in total. The molecule has 0 bridgehead atoms. The van der Waals surface area contributed by atoms with Crippen LogP contribution in [0.15, 0.2) is 11.2 Å². The van der Waals surface area contributed by atoms with Crippen molar-refractivity contribution in [1.82, 2.24) is 30.2 Å². The van der Waals surface area contributed by atoms with Crippen molar-refractivity contribution >= 4 is 17.6 Å². The van der Waals surface area contributed by atoms with Gasteiger partial charge in [0.2, 0.25) is 5.16 Å². The number of hydrogen-bond acceptors (Lipinski definition) is 7. The number of aromatic nitrogens is 6. The Morgan fingerprint density at radius 2 is 2.24 bits per heavy atom. The summed E-state index contributed by atoms with van der Waals surface area (Å²) >= 11 is 1.51. The average Bonchev–Trinajstić information content (AvgIpc) is 2.71. The van der Waals surface area contributed by atoms with Crippen LogP contribution in [0.1, 0.15) is 11.5 Å². The minimum atomic E-state index is 0.643. The van der Waals surface area contributed by atoms with Crippen molar-refractivity contribution in [1.29, 1.82) is 0 Å².